The van der Waals surface area contributed by atoms with Crippen molar-refractivity contribution in [3.8, 4) is 0 Å². The minimum absolute atomic E-state index is 0.278. The molecule has 0 spiro atoms. The molecule has 214 valence electrons. The number of pyridine rings is 1. The van der Waals surface area contributed by atoms with Gasteiger partial charge < -0.3 is 14.9 Å². The summed E-state index contributed by atoms with van der Waals surface area (Å²) in [6, 6.07) is 8.26. The van der Waals surface area contributed by atoms with Gasteiger partial charge in [0, 0.05) is 49.9 Å². The summed E-state index contributed by atoms with van der Waals surface area (Å²) in [5.74, 6) is -5.24. The van der Waals surface area contributed by atoms with E-state index in [1.165, 1.54) is 10.6 Å². The second-order valence-electron chi connectivity index (χ2n) is 7.97. The zero-order valence-corrected chi connectivity index (χ0v) is 21.0. The van der Waals surface area contributed by atoms with Gasteiger partial charge in [0.2, 0.25) is 0 Å². The van der Waals surface area contributed by atoms with Crippen LogP contribution < -0.4 is 0 Å². The van der Waals surface area contributed by atoms with Gasteiger partial charge in [0.1, 0.15) is 5.69 Å². The molecule has 1 unspecified atom stereocenters. The lowest BCUT2D eigenvalue weighted by molar-refractivity contribution is -0.193. The Bertz CT molecular complexity index is 1160. The summed E-state index contributed by atoms with van der Waals surface area (Å²) >= 11 is 1.80. The molecule has 0 fully saturated rings. The summed E-state index contributed by atoms with van der Waals surface area (Å²) in [6.45, 7) is 3.99. The fourth-order valence-electron chi connectivity index (χ4n) is 3.37. The number of carboxylic acids is 2. The van der Waals surface area contributed by atoms with Crippen LogP contribution in [-0.4, -0.2) is 72.5 Å². The molecule has 0 aliphatic carbocycles. The third kappa shape index (κ3) is 10.6. The summed E-state index contributed by atoms with van der Waals surface area (Å²) in [5, 5.41) is 25.0. The molecule has 39 heavy (non-hydrogen) atoms. The molecule has 0 radical (unpaired) electrons. The van der Waals surface area contributed by atoms with Gasteiger partial charge in [-0.25, -0.2) is 9.59 Å². The van der Waals surface area contributed by atoms with E-state index in [0.717, 1.165) is 30.9 Å². The third-order valence-corrected chi connectivity index (χ3v) is 5.80. The fourth-order valence-corrected chi connectivity index (χ4v) is 4.12. The number of nitrogens with zero attached hydrogens (tertiary/aromatic N) is 5. The van der Waals surface area contributed by atoms with Crippen LogP contribution in [0.1, 0.15) is 27.7 Å². The first-order valence-corrected chi connectivity index (χ1v) is 11.8. The number of aliphatic carboxylic acids is 2. The molecule has 0 amide bonds. The molecule has 0 aromatic carbocycles. The van der Waals surface area contributed by atoms with Crippen molar-refractivity contribution in [1.82, 2.24) is 24.9 Å². The number of halogens is 6. The Hall–Kier alpha value is -3.57. The van der Waals surface area contributed by atoms with E-state index in [0.29, 0.717) is 13.2 Å². The quantitative estimate of drug-likeness (QED) is 0.416. The van der Waals surface area contributed by atoms with Gasteiger partial charge in [0.25, 0.3) is 0 Å². The lowest BCUT2D eigenvalue weighted by Crippen LogP contribution is -2.35. The molecule has 0 bridgehead atoms. The number of rotatable bonds is 6. The number of carbonyl (C=O) groups is 2. The predicted molar refractivity (Wildman–Crippen MR) is 123 cm³/mol. The SMILES string of the molecule is Cn1nnc2c1C(COCc1cccnc1)CN(Cc1cccs1)C2.O=C(O)C(F)(F)F.O=C(O)C(F)(F)F. The Labute approximate surface area is 221 Å². The molecule has 2 N–H and O–H groups in total. The van der Waals surface area contributed by atoms with Crippen molar-refractivity contribution in [3.05, 3.63) is 63.9 Å². The Morgan fingerprint density at radius 1 is 1.10 bits per heavy atom. The van der Waals surface area contributed by atoms with Crippen LogP contribution in [0.3, 0.4) is 0 Å². The normalized spacial score (nSPS) is 15.3. The highest BCUT2D eigenvalue weighted by molar-refractivity contribution is 7.09. The summed E-state index contributed by atoms with van der Waals surface area (Å²) < 4.78 is 71.4. The summed E-state index contributed by atoms with van der Waals surface area (Å²) in [5.41, 5.74) is 3.37. The highest BCUT2D eigenvalue weighted by Crippen LogP contribution is 2.28. The van der Waals surface area contributed by atoms with Crippen LogP contribution in [0, 0.1) is 0 Å². The minimum atomic E-state index is -5.08. The molecule has 3 aromatic rings. The van der Waals surface area contributed by atoms with Crippen LogP contribution >= 0.6 is 11.3 Å². The first-order chi connectivity index (χ1) is 18.2. The molecule has 4 heterocycles. The number of hydrogen-bond acceptors (Lipinski definition) is 8. The number of alkyl halides is 6. The average molecular weight is 584 g/mol. The second-order valence-corrected chi connectivity index (χ2v) is 9.01. The Balaban J connectivity index is 0.000000317. The van der Waals surface area contributed by atoms with Gasteiger partial charge in [0.15, 0.2) is 0 Å². The fraction of sp³-hybridized carbons (Fsp3) is 0.409. The number of carboxylic acid groups (broad SMARTS) is 2. The topological polar surface area (TPSA) is 131 Å². The standard InChI is InChI=1S/C18H21N5OS.2C2HF3O2/c1-22-18-15(13-24-12-14-4-2-6-19-8-14)9-23(11-17(18)20-21-22)10-16-5-3-7-25-16;2*3-2(4,5)1(6)7/h2-8,15H,9-13H2,1H3;2*(H,6,7). The largest absolute Gasteiger partial charge is 0.490 e. The van der Waals surface area contributed by atoms with E-state index in [1.807, 2.05) is 30.1 Å². The number of fused-ring (bicyclic) bond motifs is 1. The summed E-state index contributed by atoms with van der Waals surface area (Å²) in [6.07, 6.45) is -6.54. The summed E-state index contributed by atoms with van der Waals surface area (Å²) in [4.78, 5) is 25.7. The monoisotopic (exact) mass is 583 g/mol. The van der Waals surface area contributed by atoms with Crippen LogP contribution in [-0.2, 0) is 41.1 Å². The number of hydrogen-bond donors (Lipinski definition) is 2. The van der Waals surface area contributed by atoms with E-state index in [1.54, 1.807) is 17.5 Å². The van der Waals surface area contributed by atoms with Crippen molar-refractivity contribution in [2.24, 2.45) is 7.05 Å². The number of thiophene rings is 1. The molecular formula is C22H23F6N5O5S. The van der Waals surface area contributed by atoms with Crippen molar-refractivity contribution in [3.63, 3.8) is 0 Å². The van der Waals surface area contributed by atoms with Gasteiger partial charge in [-0.2, -0.15) is 26.3 Å². The zero-order chi connectivity index (χ0) is 29.2. The highest BCUT2D eigenvalue weighted by Gasteiger charge is 2.39. The summed E-state index contributed by atoms with van der Waals surface area (Å²) in [7, 11) is 1.97. The van der Waals surface area contributed by atoms with Gasteiger partial charge in [0.05, 0.1) is 18.9 Å². The molecule has 3 aromatic heterocycles. The zero-order valence-electron chi connectivity index (χ0n) is 20.2. The van der Waals surface area contributed by atoms with Crippen LogP contribution in [0.5, 0.6) is 0 Å². The molecule has 4 rings (SSSR count). The number of ether oxygens (including phenoxy) is 1. The molecule has 17 heteroatoms. The van der Waals surface area contributed by atoms with E-state index >= 15 is 0 Å². The van der Waals surface area contributed by atoms with Crippen molar-refractivity contribution in [2.45, 2.75) is 38.0 Å². The highest BCUT2D eigenvalue weighted by atomic mass is 32.1. The van der Waals surface area contributed by atoms with Crippen LogP contribution in [0.15, 0.2) is 42.0 Å². The number of aryl methyl sites for hydroxylation is 1. The van der Waals surface area contributed by atoms with Gasteiger partial charge >= 0.3 is 24.3 Å². The van der Waals surface area contributed by atoms with E-state index < -0.39 is 24.3 Å². The first-order valence-electron chi connectivity index (χ1n) is 10.9. The second kappa shape index (κ2) is 14.0. The predicted octanol–water partition coefficient (Wildman–Crippen LogP) is 3.85. The smallest absolute Gasteiger partial charge is 0.475 e. The van der Waals surface area contributed by atoms with E-state index in [9.17, 15) is 26.3 Å². The lowest BCUT2D eigenvalue weighted by Gasteiger charge is -2.31. The molecular weight excluding hydrogens is 560 g/mol. The van der Waals surface area contributed by atoms with Crippen molar-refractivity contribution >= 4 is 23.3 Å². The van der Waals surface area contributed by atoms with Crippen molar-refractivity contribution in [2.75, 3.05) is 13.2 Å². The van der Waals surface area contributed by atoms with E-state index in [2.05, 4.69) is 37.7 Å². The number of aromatic nitrogens is 4. The molecule has 0 saturated heterocycles. The van der Waals surface area contributed by atoms with Gasteiger partial charge in [-0.1, -0.05) is 17.3 Å². The molecule has 10 nitrogen and oxygen atoms in total. The maximum atomic E-state index is 10.6. The average Bonchev–Trinajstić information content (AvgIpc) is 3.49. The lowest BCUT2D eigenvalue weighted by atomic mass is 9.99. The van der Waals surface area contributed by atoms with E-state index in [4.69, 9.17) is 24.5 Å². The molecule has 1 aliphatic heterocycles. The molecule has 1 atom stereocenters. The van der Waals surface area contributed by atoms with Crippen molar-refractivity contribution in [1.29, 1.82) is 0 Å². The van der Waals surface area contributed by atoms with Gasteiger partial charge in [-0.15, -0.1) is 16.4 Å². The van der Waals surface area contributed by atoms with Gasteiger partial charge in [-0.05, 0) is 23.1 Å². The molecule has 0 saturated carbocycles. The Kier molecular flexibility index (Phi) is 11.4. The maximum absolute atomic E-state index is 10.6. The molecule has 1 aliphatic rings. The van der Waals surface area contributed by atoms with Crippen LogP contribution in [0.2, 0.25) is 0 Å². The minimum Gasteiger partial charge on any atom is -0.475 e. The first kappa shape index (κ1) is 31.6. The van der Waals surface area contributed by atoms with Gasteiger partial charge in [-0.3, -0.25) is 14.6 Å². The maximum Gasteiger partial charge on any atom is 0.490 e. The Morgan fingerprint density at radius 3 is 2.26 bits per heavy atom. The third-order valence-electron chi connectivity index (χ3n) is 4.94. The van der Waals surface area contributed by atoms with Crippen molar-refractivity contribution < 1.29 is 50.9 Å². The van der Waals surface area contributed by atoms with Crippen LogP contribution in [0.25, 0.3) is 0 Å². The van der Waals surface area contributed by atoms with E-state index in [-0.39, 0.29) is 5.92 Å². The Morgan fingerprint density at radius 2 is 1.74 bits per heavy atom. The van der Waals surface area contributed by atoms with Crippen LogP contribution in [0.4, 0.5) is 26.3 Å².